The van der Waals surface area contributed by atoms with Gasteiger partial charge < -0.3 is 10.2 Å². The SMILES string of the molecule is O=C1Nc2ncccc2C12Cc1cc3ccc(CN4CCc5ccc(C(F)(F)F)cc54)nc3cc1C2. The van der Waals surface area contributed by atoms with E-state index in [0.717, 1.165) is 51.3 Å². The van der Waals surface area contributed by atoms with Crippen LogP contribution in [0.15, 0.2) is 60.8 Å². The Morgan fingerprint density at radius 3 is 2.67 bits per heavy atom. The molecular weight excluding hydrogens is 465 g/mol. The lowest BCUT2D eigenvalue weighted by Gasteiger charge is -2.20. The predicted octanol–water partition coefficient (Wildman–Crippen LogP) is 5.20. The molecule has 2 aromatic carbocycles. The van der Waals surface area contributed by atoms with Gasteiger partial charge >= 0.3 is 6.18 Å². The Bertz CT molecular complexity index is 1580. The number of hydrogen-bond acceptors (Lipinski definition) is 4. The summed E-state index contributed by atoms with van der Waals surface area (Å²) in [5, 5.41) is 3.92. The molecule has 0 saturated heterocycles. The van der Waals surface area contributed by atoms with Gasteiger partial charge in [-0.15, -0.1) is 0 Å². The molecule has 1 spiro atoms. The lowest BCUT2D eigenvalue weighted by atomic mass is 9.79. The first-order valence-electron chi connectivity index (χ1n) is 11.9. The summed E-state index contributed by atoms with van der Waals surface area (Å²) >= 11 is 0. The summed E-state index contributed by atoms with van der Waals surface area (Å²) in [7, 11) is 0. The van der Waals surface area contributed by atoms with E-state index in [1.165, 1.54) is 6.07 Å². The minimum Gasteiger partial charge on any atom is -0.365 e. The Labute approximate surface area is 205 Å². The fourth-order valence-electron chi connectivity index (χ4n) is 6.01. The van der Waals surface area contributed by atoms with Gasteiger partial charge in [0.2, 0.25) is 5.91 Å². The van der Waals surface area contributed by atoms with Crippen LogP contribution in [0.5, 0.6) is 0 Å². The van der Waals surface area contributed by atoms with Crippen molar-refractivity contribution in [3.8, 4) is 0 Å². The summed E-state index contributed by atoms with van der Waals surface area (Å²) in [6.07, 6.45) is -0.752. The number of fused-ring (bicyclic) bond motifs is 5. The summed E-state index contributed by atoms with van der Waals surface area (Å²) in [5.74, 6) is 0.621. The number of nitrogens with zero attached hydrogens (tertiary/aromatic N) is 3. The van der Waals surface area contributed by atoms with Crippen LogP contribution < -0.4 is 10.2 Å². The van der Waals surface area contributed by atoms with Crippen molar-refractivity contribution in [2.45, 2.75) is 37.4 Å². The molecule has 7 rings (SSSR count). The lowest BCUT2D eigenvalue weighted by Crippen LogP contribution is -2.35. The van der Waals surface area contributed by atoms with Crippen LogP contribution in [0, 0.1) is 0 Å². The third kappa shape index (κ3) is 3.13. The zero-order valence-electron chi connectivity index (χ0n) is 19.2. The second-order valence-corrected chi connectivity index (χ2v) is 9.92. The molecule has 2 aromatic heterocycles. The maximum absolute atomic E-state index is 13.3. The van der Waals surface area contributed by atoms with E-state index in [1.54, 1.807) is 12.3 Å². The van der Waals surface area contributed by atoms with Crippen LogP contribution in [-0.2, 0) is 42.2 Å². The Morgan fingerprint density at radius 1 is 1.00 bits per heavy atom. The molecule has 0 fully saturated rings. The molecule has 1 amide bonds. The summed E-state index contributed by atoms with van der Waals surface area (Å²) in [4.78, 5) is 24.2. The van der Waals surface area contributed by atoms with Gasteiger partial charge in [0.05, 0.1) is 28.7 Å². The summed E-state index contributed by atoms with van der Waals surface area (Å²) in [5.41, 5.74) is 5.09. The Morgan fingerprint density at radius 2 is 1.83 bits per heavy atom. The molecule has 4 aromatic rings. The fourth-order valence-corrected chi connectivity index (χ4v) is 6.01. The minimum atomic E-state index is -4.37. The first kappa shape index (κ1) is 21.4. The number of carbonyl (C=O) groups excluding carboxylic acids is 1. The smallest absolute Gasteiger partial charge is 0.365 e. The molecule has 8 heteroatoms. The number of benzene rings is 2. The third-order valence-electron chi connectivity index (χ3n) is 7.80. The standard InChI is InChI=1S/C28H21F3N4O/c29-28(30,31)20-5-3-16-7-9-35(24(16)12-20)15-21-6-4-17-10-18-13-27(14-19(18)11-23(17)33-21)22-2-1-8-32-25(22)34-26(27)36/h1-6,8,10-12H,7,9,13-15H2,(H,32,34,36). The molecular formula is C28H21F3N4O. The number of amides is 1. The van der Waals surface area contributed by atoms with E-state index in [-0.39, 0.29) is 5.91 Å². The number of anilines is 2. The molecule has 1 atom stereocenters. The van der Waals surface area contributed by atoms with Crippen molar-refractivity contribution in [1.82, 2.24) is 9.97 Å². The second kappa shape index (κ2) is 7.29. The molecule has 1 N–H and O–H groups in total. The quantitative estimate of drug-likeness (QED) is 0.423. The van der Waals surface area contributed by atoms with Crippen molar-refractivity contribution in [2.75, 3.05) is 16.8 Å². The Hall–Kier alpha value is -3.94. The largest absolute Gasteiger partial charge is 0.416 e. The molecule has 5 nitrogen and oxygen atoms in total. The van der Waals surface area contributed by atoms with Gasteiger partial charge in [-0.1, -0.05) is 18.2 Å². The first-order valence-corrected chi connectivity index (χ1v) is 11.9. The average Bonchev–Trinajstić information content (AvgIpc) is 3.51. The minimum absolute atomic E-state index is 0.0176. The van der Waals surface area contributed by atoms with Crippen LogP contribution in [-0.4, -0.2) is 22.4 Å². The van der Waals surface area contributed by atoms with E-state index in [1.807, 2.05) is 29.2 Å². The van der Waals surface area contributed by atoms with Crippen molar-refractivity contribution < 1.29 is 18.0 Å². The van der Waals surface area contributed by atoms with E-state index >= 15 is 0 Å². The van der Waals surface area contributed by atoms with Crippen molar-refractivity contribution in [3.05, 3.63) is 94.3 Å². The van der Waals surface area contributed by atoms with Crippen molar-refractivity contribution in [1.29, 1.82) is 0 Å². The summed E-state index contributed by atoms with van der Waals surface area (Å²) in [6, 6.07) is 15.9. The summed E-state index contributed by atoms with van der Waals surface area (Å²) in [6.45, 7) is 1.10. The van der Waals surface area contributed by atoms with Crippen molar-refractivity contribution in [3.63, 3.8) is 0 Å². The van der Waals surface area contributed by atoms with E-state index < -0.39 is 17.2 Å². The zero-order chi connectivity index (χ0) is 24.7. The average molecular weight is 486 g/mol. The van der Waals surface area contributed by atoms with Crippen LogP contribution in [0.25, 0.3) is 10.9 Å². The van der Waals surface area contributed by atoms with E-state index in [2.05, 4.69) is 22.4 Å². The van der Waals surface area contributed by atoms with Gasteiger partial charge in [0.15, 0.2) is 0 Å². The van der Waals surface area contributed by atoms with Gasteiger partial charge in [0.1, 0.15) is 5.82 Å². The van der Waals surface area contributed by atoms with E-state index in [0.29, 0.717) is 37.4 Å². The highest BCUT2D eigenvalue weighted by Gasteiger charge is 2.51. The highest BCUT2D eigenvalue weighted by Crippen LogP contribution is 2.47. The number of halogens is 3. The van der Waals surface area contributed by atoms with Gasteiger partial charge in [0, 0.05) is 29.4 Å². The fraction of sp³-hybridized carbons (Fsp3) is 0.250. The maximum Gasteiger partial charge on any atom is 0.416 e. The normalized spacial score (nSPS) is 20.1. The zero-order valence-corrected chi connectivity index (χ0v) is 19.2. The molecule has 3 aliphatic rings. The highest BCUT2D eigenvalue weighted by molar-refractivity contribution is 6.06. The van der Waals surface area contributed by atoms with Crippen LogP contribution >= 0.6 is 0 Å². The number of rotatable bonds is 2. The number of hydrogen-bond donors (Lipinski definition) is 1. The number of nitrogens with one attached hydrogen (secondary N) is 1. The first-order chi connectivity index (χ1) is 17.3. The van der Waals surface area contributed by atoms with Gasteiger partial charge in [-0.25, -0.2) is 4.98 Å². The molecule has 4 heterocycles. The van der Waals surface area contributed by atoms with Gasteiger partial charge in [0.25, 0.3) is 0 Å². The molecule has 2 aliphatic heterocycles. The van der Waals surface area contributed by atoms with Crippen LogP contribution in [0.4, 0.5) is 24.7 Å². The monoisotopic (exact) mass is 486 g/mol. The molecule has 1 aliphatic carbocycles. The summed E-state index contributed by atoms with van der Waals surface area (Å²) < 4.78 is 39.8. The van der Waals surface area contributed by atoms with Crippen molar-refractivity contribution >= 4 is 28.3 Å². The Kier molecular flexibility index (Phi) is 4.32. The lowest BCUT2D eigenvalue weighted by molar-refractivity contribution is -0.137. The number of pyridine rings is 2. The van der Waals surface area contributed by atoms with E-state index in [9.17, 15) is 18.0 Å². The van der Waals surface area contributed by atoms with Gasteiger partial charge in [-0.2, -0.15) is 13.2 Å². The molecule has 180 valence electrons. The molecule has 36 heavy (non-hydrogen) atoms. The number of carbonyl (C=O) groups is 1. The number of aromatic nitrogens is 2. The van der Waals surface area contributed by atoms with Gasteiger partial charge in [-0.3, -0.25) is 9.78 Å². The highest BCUT2D eigenvalue weighted by atomic mass is 19.4. The predicted molar refractivity (Wildman–Crippen MR) is 130 cm³/mol. The molecule has 0 bridgehead atoms. The third-order valence-corrected chi connectivity index (χ3v) is 7.80. The molecule has 0 radical (unpaired) electrons. The van der Waals surface area contributed by atoms with Crippen LogP contribution in [0.2, 0.25) is 0 Å². The Balaban J connectivity index is 1.20. The number of alkyl halides is 3. The topological polar surface area (TPSA) is 58.1 Å². The van der Waals surface area contributed by atoms with Crippen LogP contribution in [0.3, 0.4) is 0 Å². The van der Waals surface area contributed by atoms with E-state index in [4.69, 9.17) is 4.98 Å². The van der Waals surface area contributed by atoms with Gasteiger partial charge in [-0.05, 0) is 72.4 Å². The maximum atomic E-state index is 13.3. The van der Waals surface area contributed by atoms with Crippen LogP contribution in [0.1, 0.15) is 33.5 Å². The van der Waals surface area contributed by atoms with Crippen molar-refractivity contribution in [2.24, 2.45) is 0 Å². The molecule has 1 unspecified atom stereocenters. The second-order valence-electron chi connectivity index (χ2n) is 9.92. The molecule has 0 saturated carbocycles.